The number of carbonyl (C=O) groups is 2. The van der Waals surface area contributed by atoms with Gasteiger partial charge in [-0.1, -0.05) is 60.2 Å². The highest BCUT2D eigenvalue weighted by molar-refractivity contribution is 5.85. The molecule has 2 rings (SSSR count). The molecule has 2 aromatic rings. The average Bonchev–Trinajstić information content (AvgIpc) is 2.56. The van der Waals surface area contributed by atoms with E-state index in [1.807, 2.05) is 61.5 Å². The van der Waals surface area contributed by atoms with E-state index in [0.717, 1.165) is 16.7 Å². The third-order valence-corrected chi connectivity index (χ3v) is 3.59. The molecule has 1 atom stereocenters. The van der Waals surface area contributed by atoms with Gasteiger partial charge in [0.15, 0.2) is 0 Å². The fourth-order valence-electron chi connectivity index (χ4n) is 2.32. The standard InChI is InChI=1S/C19H21NO3/c1-14-8-10-16(11-9-14)13-18(21)20-17(19(22)23-2)12-15-6-4-3-5-7-15/h3-11,17H,12-13H2,1-2H3,(H,20,21)/t17-/m0/s1. The van der Waals surface area contributed by atoms with Gasteiger partial charge < -0.3 is 10.1 Å². The highest BCUT2D eigenvalue weighted by Gasteiger charge is 2.21. The average molecular weight is 311 g/mol. The first-order valence-corrected chi connectivity index (χ1v) is 7.55. The molecule has 0 bridgehead atoms. The van der Waals surface area contributed by atoms with Crippen molar-refractivity contribution in [3.63, 3.8) is 0 Å². The van der Waals surface area contributed by atoms with Crippen molar-refractivity contribution >= 4 is 11.9 Å². The lowest BCUT2D eigenvalue weighted by atomic mass is 10.0. The molecule has 1 N–H and O–H groups in total. The zero-order valence-corrected chi connectivity index (χ0v) is 13.4. The van der Waals surface area contributed by atoms with Crippen LogP contribution in [-0.2, 0) is 27.2 Å². The van der Waals surface area contributed by atoms with Gasteiger partial charge in [0.05, 0.1) is 13.5 Å². The van der Waals surface area contributed by atoms with Gasteiger partial charge in [-0.2, -0.15) is 0 Å². The van der Waals surface area contributed by atoms with Gasteiger partial charge in [0.1, 0.15) is 6.04 Å². The third kappa shape index (κ3) is 5.25. The van der Waals surface area contributed by atoms with Crippen LogP contribution in [-0.4, -0.2) is 25.0 Å². The van der Waals surface area contributed by atoms with E-state index in [1.54, 1.807) is 0 Å². The molecule has 0 spiro atoms. The van der Waals surface area contributed by atoms with Crippen LogP contribution in [0.15, 0.2) is 54.6 Å². The van der Waals surface area contributed by atoms with Crippen molar-refractivity contribution in [2.24, 2.45) is 0 Å². The molecule has 0 fully saturated rings. The molecular formula is C19H21NO3. The summed E-state index contributed by atoms with van der Waals surface area (Å²) in [5.74, 6) is -0.633. The van der Waals surface area contributed by atoms with Crippen LogP contribution in [0.3, 0.4) is 0 Å². The summed E-state index contributed by atoms with van der Waals surface area (Å²) in [4.78, 5) is 24.1. The number of nitrogens with one attached hydrogen (secondary N) is 1. The smallest absolute Gasteiger partial charge is 0.328 e. The molecule has 23 heavy (non-hydrogen) atoms. The molecule has 0 saturated heterocycles. The first kappa shape index (κ1) is 16.7. The summed E-state index contributed by atoms with van der Waals surface area (Å²) < 4.78 is 4.80. The fourth-order valence-corrected chi connectivity index (χ4v) is 2.32. The van der Waals surface area contributed by atoms with Gasteiger partial charge in [0.25, 0.3) is 0 Å². The summed E-state index contributed by atoms with van der Waals surface area (Å²) in [6.45, 7) is 2.00. The van der Waals surface area contributed by atoms with Crippen LogP contribution in [0.2, 0.25) is 0 Å². The molecule has 2 aromatic carbocycles. The van der Waals surface area contributed by atoms with Gasteiger partial charge in [-0.05, 0) is 18.1 Å². The molecule has 0 aliphatic rings. The Morgan fingerprint density at radius 1 is 1.00 bits per heavy atom. The van der Waals surface area contributed by atoms with E-state index in [2.05, 4.69) is 5.32 Å². The van der Waals surface area contributed by atoms with Crippen molar-refractivity contribution in [1.29, 1.82) is 0 Å². The summed E-state index contributed by atoms with van der Waals surface area (Å²) in [5, 5.41) is 2.77. The van der Waals surface area contributed by atoms with Crippen LogP contribution in [0.25, 0.3) is 0 Å². The van der Waals surface area contributed by atoms with Gasteiger partial charge in [-0.3, -0.25) is 4.79 Å². The predicted octanol–water partition coefficient (Wildman–Crippen LogP) is 2.44. The number of benzene rings is 2. The van der Waals surface area contributed by atoms with Crippen molar-refractivity contribution < 1.29 is 14.3 Å². The van der Waals surface area contributed by atoms with E-state index < -0.39 is 12.0 Å². The molecule has 0 radical (unpaired) electrons. The van der Waals surface area contributed by atoms with Crippen LogP contribution in [0.5, 0.6) is 0 Å². The summed E-state index contributed by atoms with van der Waals surface area (Å²) in [7, 11) is 1.33. The summed E-state index contributed by atoms with van der Waals surface area (Å²) in [5.41, 5.74) is 3.03. The second kappa shape index (κ2) is 8.13. The lowest BCUT2D eigenvalue weighted by Gasteiger charge is -2.16. The Morgan fingerprint density at radius 2 is 1.65 bits per heavy atom. The minimum atomic E-state index is -0.680. The number of esters is 1. The molecule has 0 aromatic heterocycles. The fraction of sp³-hybridized carbons (Fsp3) is 0.263. The Labute approximate surface area is 136 Å². The lowest BCUT2D eigenvalue weighted by Crippen LogP contribution is -2.43. The van der Waals surface area contributed by atoms with Crippen LogP contribution in [0, 0.1) is 6.92 Å². The maximum atomic E-state index is 12.2. The van der Waals surface area contributed by atoms with Crippen molar-refractivity contribution in [2.45, 2.75) is 25.8 Å². The molecule has 0 saturated carbocycles. The number of amides is 1. The summed E-state index contributed by atoms with van der Waals surface area (Å²) in [6, 6.07) is 16.6. The quantitative estimate of drug-likeness (QED) is 0.834. The maximum absolute atomic E-state index is 12.2. The molecule has 4 heteroatoms. The van der Waals surface area contributed by atoms with Crippen LogP contribution >= 0.6 is 0 Å². The number of carbonyl (C=O) groups excluding carboxylic acids is 2. The minimum absolute atomic E-state index is 0.194. The number of hydrogen-bond acceptors (Lipinski definition) is 3. The third-order valence-electron chi connectivity index (χ3n) is 3.59. The van der Waals surface area contributed by atoms with Crippen molar-refractivity contribution in [3.05, 3.63) is 71.3 Å². The molecule has 4 nitrogen and oxygen atoms in total. The van der Waals surface area contributed by atoms with Gasteiger partial charge in [0.2, 0.25) is 5.91 Å². The van der Waals surface area contributed by atoms with Crippen molar-refractivity contribution in [1.82, 2.24) is 5.32 Å². The molecule has 0 aliphatic carbocycles. The van der Waals surface area contributed by atoms with Crippen molar-refractivity contribution in [2.75, 3.05) is 7.11 Å². The largest absolute Gasteiger partial charge is 0.467 e. The van der Waals surface area contributed by atoms with Gasteiger partial charge in [-0.25, -0.2) is 4.79 Å². The topological polar surface area (TPSA) is 55.4 Å². The van der Waals surface area contributed by atoms with E-state index in [-0.39, 0.29) is 12.3 Å². The van der Waals surface area contributed by atoms with Crippen molar-refractivity contribution in [3.8, 4) is 0 Å². The van der Waals surface area contributed by atoms with E-state index >= 15 is 0 Å². The maximum Gasteiger partial charge on any atom is 0.328 e. The molecule has 0 unspecified atom stereocenters. The van der Waals surface area contributed by atoms with E-state index in [0.29, 0.717) is 6.42 Å². The second-order valence-corrected chi connectivity index (χ2v) is 5.50. The first-order valence-electron chi connectivity index (χ1n) is 7.55. The Morgan fingerprint density at radius 3 is 2.26 bits per heavy atom. The van der Waals surface area contributed by atoms with Gasteiger partial charge >= 0.3 is 5.97 Å². The molecule has 120 valence electrons. The zero-order chi connectivity index (χ0) is 16.7. The number of methoxy groups -OCH3 is 1. The highest BCUT2D eigenvalue weighted by atomic mass is 16.5. The number of hydrogen-bond donors (Lipinski definition) is 1. The predicted molar refractivity (Wildman–Crippen MR) is 89.0 cm³/mol. The highest BCUT2D eigenvalue weighted by Crippen LogP contribution is 2.07. The second-order valence-electron chi connectivity index (χ2n) is 5.50. The van der Waals surface area contributed by atoms with Crippen LogP contribution in [0.1, 0.15) is 16.7 Å². The van der Waals surface area contributed by atoms with E-state index in [1.165, 1.54) is 7.11 Å². The lowest BCUT2D eigenvalue weighted by molar-refractivity contribution is -0.145. The molecule has 0 aliphatic heterocycles. The molecule has 1 amide bonds. The Bertz CT molecular complexity index is 650. The van der Waals surface area contributed by atoms with Crippen LogP contribution < -0.4 is 5.32 Å². The first-order chi connectivity index (χ1) is 11.1. The minimum Gasteiger partial charge on any atom is -0.467 e. The SMILES string of the molecule is COC(=O)[C@H](Cc1ccccc1)NC(=O)Cc1ccc(C)cc1. The normalized spacial score (nSPS) is 11.6. The van der Waals surface area contributed by atoms with Gasteiger partial charge in [0, 0.05) is 6.42 Å². The number of aryl methyl sites for hydroxylation is 1. The van der Waals surface area contributed by atoms with E-state index in [4.69, 9.17) is 4.74 Å². The van der Waals surface area contributed by atoms with Crippen LogP contribution in [0.4, 0.5) is 0 Å². The van der Waals surface area contributed by atoms with E-state index in [9.17, 15) is 9.59 Å². The summed E-state index contributed by atoms with van der Waals surface area (Å²) >= 11 is 0. The monoisotopic (exact) mass is 311 g/mol. The van der Waals surface area contributed by atoms with Gasteiger partial charge in [-0.15, -0.1) is 0 Å². The summed E-state index contributed by atoms with van der Waals surface area (Å²) in [6.07, 6.45) is 0.649. The Balaban J connectivity index is 2.00. The Hall–Kier alpha value is -2.62. The molecular weight excluding hydrogens is 290 g/mol. The zero-order valence-electron chi connectivity index (χ0n) is 13.4. The molecule has 0 heterocycles. The Kier molecular flexibility index (Phi) is 5.92. The number of rotatable bonds is 6. The number of ether oxygens (including phenoxy) is 1.